The number of aromatic nitrogens is 4. The summed E-state index contributed by atoms with van der Waals surface area (Å²) in [7, 11) is 2.15. The van der Waals surface area contributed by atoms with Crippen molar-refractivity contribution in [2.24, 2.45) is 0 Å². The lowest BCUT2D eigenvalue weighted by Gasteiger charge is -2.28. The van der Waals surface area contributed by atoms with Crippen molar-refractivity contribution in [1.82, 2.24) is 24.6 Å². The van der Waals surface area contributed by atoms with Crippen molar-refractivity contribution in [3.63, 3.8) is 0 Å². The molecule has 1 fully saturated rings. The number of nitrogens with zero attached hydrogens (tertiary/aromatic N) is 5. The van der Waals surface area contributed by atoms with Crippen LogP contribution < -0.4 is 4.74 Å². The van der Waals surface area contributed by atoms with E-state index in [1.807, 2.05) is 10.9 Å². The highest BCUT2D eigenvalue weighted by molar-refractivity contribution is 9.10. The summed E-state index contributed by atoms with van der Waals surface area (Å²) in [6.45, 7) is 2.22. The molecule has 3 rings (SSSR count). The van der Waals surface area contributed by atoms with Crippen LogP contribution in [0.15, 0.2) is 29.4 Å². The number of piperidine rings is 1. The van der Waals surface area contributed by atoms with E-state index in [1.54, 1.807) is 18.6 Å². The van der Waals surface area contributed by atoms with Crippen molar-refractivity contribution in [1.29, 1.82) is 0 Å². The first kappa shape index (κ1) is 13.5. The van der Waals surface area contributed by atoms with Crippen LogP contribution in [-0.2, 0) is 0 Å². The molecule has 106 valence electrons. The SMILES string of the molecule is CN1CCC(n2cc(Oc3cncc(Br)n3)cn2)CC1. The minimum Gasteiger partial charge on any atom is -0.434 e. The van der Waals surface area contributed by atoms with E-state index in [9.17, 15) is 0 Å². The van der Waals surface area contributed by atoms with Gasteiger partial charge in [0.15, 0.2) is 5.75 Å². The van der Waals surface area contributed by atoms with Gasteiger partial charge >= 0.3 is 0 Å². The minimum absolute atomic E-state index is 0.456. The number of hydrogen-bond donors (Lipinski definition) is 0. The van der Waals surface area contributed by atoms with Gasteiger partial charge in [-0.1, -0.05) is 0 Å². The molecule has 1 aliphatic rings. The molecule has 0 bridgehead atoms. The Labute approximate surface area is 125 Å². The van der Waals surface area contributed by atoms with Crippen LogP contribution in [0.4, 0.5) is 0 Å². The van der Waals surface area contributed by atoms with Gasteiger partial charge in [-0.3, -0.25) is 9.67 Å². The molecule has 0 saturated carbocycles. The molecule has 1 saturated heterocycles. The Morgan fingerprint density at radius 1 is 1.25 bits per heavy atom. The maximum absolute atomic E-state index is 5.65. The quantitative estimate of drug-likeness (QED) is 0.861. The van der Waals surface area contributed by atoms with Crippen LogP contribution in [0.5, 0.6) is 11.6 Å². The molecule has 6 nitrogen and oxygen atoms in total. The Morgan fingerprint density at radius 2 is 2.05 bits per heavy atom. The zero-order chi connectivity index (χ0) is 13.9. The van der Waals surface area contributed by atoms with Crippen LogP contribution in [0.25, 0.3) is 0 Å². The largest absolute Gasteiger partial charge is 0.434 e. The van der Waals surface area contributed by atoms with E-state index in [0.717, 1.165) is 25.9 Å². The van der Waals surface area contributed by atoms with Gasteiger partial charge in [-0.05, 0) is 48.9 Å². The summed E-state index contributed by atoms with van der Waals surface area (Å²) < 4.78 is 8.30. The first-order valence-electron chi connectivity index (χ1n) is 6.59. The summed E-state index contributed by atoms with van der Waals surface area (Å²) in [4.78, 5) is 10.5. The predicted molar refractivity (Wildman–Crippen MR) is 77.8 cm³/mol. The van der Waals surface area contributed by atoms with Crippen LogP contribution in [0, 0.1) is 0 Å². The molecular formula is C13H16BrN5O. The number of likely N-dealkylation sites (tertiary alicyclic amines) is 1. The lowest BCUT2D eigenvalue weighted by Crippen LogP contribution is -2.31. The van der Waals surface area contributed by atoms with Crippen molar-refractivity contribution >= 4 is 15.9 Å². The Bertz CT molecular complexity index is 580. The van der Waals surface area contributed by atoms with E-state index < -0.39 is 0 Å². The van der Waals surface area contributed by atoms with Crippen molar-refractivity contribution in [2.45, 2.75) is 18.9 Å². The van der Waals surface area contributed by atoms with Crippen LogP contribution in [0.3, 0.4) is 0 Å². The molecule has 0 N–H and O–H groups in total. The van der Waals surface area contributed by atoms with Crippen molar-refractivity contribution in [3.8, 4) is 11.6 Å². The summed E-state index contributed by atoms with van der Waals surface area (Å²) >= 11 is 3.27. The minimum atomic E-state index is 0.456. The average molecular weight is 338 g/mol. The third kappa shape index (κ3) is 3.16. The normalized spacial score (nSPS) is 17.3. The van der Waals surface area contributed by atoms with Gasteiger partial charge in [-0.2, -0.15) is 5.10 Å². The molecule has 0 radical (unpaired) electrons. The number of ether oxygens (including phenoxy) is 1. The summed E-state index contributed by atoms with van der Waals surface area (Å²) in [5.74, 6) is 1.15. The molecule has 0 unspecified atom stereocenters. The zero-order valence-electron chi connectivity index (χ0n) is 11.2. The van der Waals surface area contributed by atoms with E-state index in [4.69, 9.17) is 4.74 Å². The Balaban J connectivity index is 1.67. The predicted octanol–water partition coefficient (Wildman–Crippen LogP) is 2.49. The van der Waals surface area contributed by atoms with Crippen LogP contribution in [0.1, 0.15) is 18.9 Å². The lowest BCUT2D eigenvalue weighted by atomic mass is 10.1. The number of halogens is 1. The molecule has 2 aromatic heterocycles. The van der Waals surface area contributed by atoms with Gasteiger partial charge < -0.3 is 9.64 Å². The standard InChI is InChI=1S/C13H16BrN5O/c1-18-4-2-10(3-5-18)19-9-11(6-16-19)20-13-8-15-7-12(14)17-13/h6-10H,2-5H2,1H3. The van der Waals surface area contributed by atoms with E-state index in [1.165, 1.54) is 0 Å². The lowest BCUT2D eigenvalue weighted by molar-refractivity contribution is 0.212. The second-order valence-electron chi connectivity index (χ2n) is 4.97. The zero-order valence-corrected chi connectivity index (χ0v) is 12.8. The fraction of sp³-hybridized carbons (Fsp3) is 0.462. The van der Waals surface area contributed by atoms with E-state index in [-0.39, 0.29) is 0 Å². The number of rotatable bonds is 3. The summed E-state index contributed by atoms with van der Waals surface area (Å²) in [5.41, 5.74) is 0. The Hall–Kier alpha value is -1.47. The highest BCUT2D eigenvalue weighted by Gasteiger charge is 2.19. The molecule has 2 aromatic rings. The van der Waals surface area contributed by atoms with Crippen LogP contribution >= 0.6 is 15.9 Å². The number of hydrogen-bond acceptors (Lipinski definition) is 5. The van der Waals surface area contributed by atoms with Crippen molar-refractivity contribution < 1.29 is 4.74 Å². The molecule has 0 aromatic carbocycles. The first-order valence-corrected chi connectivity index (χ1v) is 7.38. The van der Waals surface area contributed by atoms with Crippen LogP contribution in [0.2, 0.25) is 0 Å². The summed E-state index contributed by atoms with van der Waals surface area (Å²) in [5, 5.41) is 4.40. The molecule has 0 aliphatic carbocycles. The van der Waals surface area contributed by atoms with E-state index in [2.05, 4.69) is 42.9 Å². The maximum Gasteiger partial charge on any atom is 0.239 e. The third-order valence-electron chi connectivity index (χ3n) is 3.45. The molecule has 7 heteroatoms. The Morgan fingerprint density at radius 3 is 2.80 bits per heavy atom. The average Bonchev–Trinajstić information content (AvgIpc) is 2.88. The van der Waals surface area contributed by atoms with E-state index in [0.29, 0.717) is 22.3 Å². The fourth-order valence-electron chi connectivity index (χ4n) is 2.33. The van der Waals surface area contributed by atoms with Crippen LogP contribution in [-0.4, -0.2) is 44.8 Å². The first-order chi connectivity index (χ1) is 9.70. The Kier molecular flexibility index (Phi) is 3.98. The monoisotopic (exact) mass is 337 g/mol. The summed E-state index contributed by atoms with van der Waals surface area (Å²) in [6.07, 6.45) is 9.09. The highest BCUT2D eigenvalue weighted by atomic mass is 79.9. The third-order valence-corrected chi connectivity index (χ3v) is 3.83. The molecule has 1 aliphatic heterocycles. The van der Waals surface area contributed by atoms with Crippen molar-refractivity contribution in [2.75, 3.05) is 20.1 Å². The van der Waals surface area contributed by atoms with Gasteiger partial charge in [0.1, 0.15) is 4.60 Å². The smallest absolute Gasteiger partial charge is 0.239 e. The maximum atomic E-state index is 5.65. The van der Waals surface area contributed by atoms with Gasteiger partial charge in [0, 0.05) is 0 Å². The topological polar surface area (TPSA) is 56.1 Å². The molecule has 0 amide bonds. The fourth-order valence-corrected chi connectivity index (χ4v) is 2.62. The van der Waals surface area contributed by atoms with Gasteiger partial charge in [0.05, 0.1) is 30.8 Å². The highest BCUT2D eigenvalue weighted by Crippen LogP contribution is 2.25. The second-order valence-corrected chi connectivity index (χ2v) is 5.79. The van der Waals surface area contributed by atoms with Gasteiger partial charge in [-0.25, -0.2) is 4.98 Å². The van der Waals surface area contributed by atoms with Gasteiger partial charge in [0.2, 0.25) is 5.88 Å². The molecular weight excluding hydrogens is 322 g/mol. The molecule has 20 heavy (non-hydrogen) atoms. The second kappa shape index (κ2) is 5.88. The van der Waals surface area contributed by atoms with Gasteiger partial charge in [0.25, 0.3) is 0 Å². The summed E-state index contributed by atoms with van der Waals surface area (Å²) in [6, 6.07) is 0.456. The molecule has 3 heterocycles. The van der Waals surface area contributed by atoms with Crippen molar-refractivity contribution in [3.05, 3.63) is 29.4 Å². The molecule has 0 spiro atoms. The molecule has 0 atom stereocenters. The van der Waals surface area contributed by atoms with E-state index >= 15 is 0 Å². The van der Waals surface area contributed by atoms with Gasteiger partial charge in [-0.15, -0.1) is 0 Å².